The first-order chi connectivity index (χ1) is 9.56. The molecule has 2 rings (SSSR count). The van der Waals surface area contributed by atoms with Crippen molar-refractivity contribution in [1.29, 1.82) is 0 Å². The number of carbonyl (C=O) groups is 1. The number of carbonyl (C=O) groups excluding carboxylic acids is 1. The summed E-state index contributed by atoms with van der Waals surface area (Å²) >= 11 is 6.00. The van der Waals surface area contributed by atoms with Crippen LogP contribution in [0.3, 0.4) is 0 Å². The van der Waals surface area contributed by atoms with Gasteiger partial charge in [0.1, 0.15) is 11.9 Å². The molecule has 1 aliphatic heterocycles. The lowest BCUT2D eigenvalue weighted by Crippen LogP contribution is -2.43. The van der Waals surface area contributed by atoms with E-state index in [0.717, 1.165) is 0 Å². The molecule has 5 nitrogen and oxygen atoms in total. The van der Waals surface area contributed by atoms with Gasteiger partial charge in [0.2, 0.25) is 5.91 Å². The van der Waals surface area contributed by atoms with Crippen LogP contribution in [-0.2, 0) is 4.79 Å². The van der Waals surface area contributed by atoms with Gasteiger partial charge in [-0.2, -0.15) is 0 Å². The Hall–Kier alpha value is -1.30. The molecule has 0 aromatic heterocycles. The van der Waals surface area contributed by atoms with Crippen molar-refractivity contribution in [2.24, 2.45) is 0 Å². The van der Waals surface area contributed by atoms with E-state index in [4.69, 9.17) is 16.3 Å². The van der Waals surface area contributed by atoms with E-state index in [1.54, 1.807) is 12.1 Å². The number of halogens is 1. The van der Waals surface area contributed by atoms with Crippen molar-refractivity contribution >= 4 is 17.5 Å². The number of aliphatic hydroxyl groups excluding tert-OH is 1. The van der Waals surface area contributed by atoms with Crippen LogP contribution in [0.2, 0.25) is 5.02 Å². The second kappa shape index (κ2) is 6.92. The van der Waals surface area contributed by atoms with Crippen LogP contribution in [0.25, 0.3) is 0 Å². The highest BCUT2D eigenvalue weighted by molar-refractivity contribution is 6.32. The van der Waals surface area contributed by atoms with Crippen LogP contribution in [0.15, 0.2) is 24.3 Å². The number of benzene rings is 1. The average Bonchev–Trinajstić information content (AvgIpc) is 2.85. The normalized spacial score (nSPS) is 23.4. The minimum absolute atomic E-state index is 0.115. The molecule has 1 saturated heterocycles. The Bertz CT molecular complexity index is 469. The summed E-state index contributed by atoms with van der Waals surface area (Å²) in [5, 5.41) is 15.7. The summed E-state index contributed by atoms with van der Waals surface area (Å²) in [7, 11) is 0. The van der Waals surface area contributed by atoms with Crippen molar-refractivity contribution in [3.05, 3.63) is 29.3 Å². The van der Waals surface area contributed by atoms with Gasteiger partial charge in [0.15, 0.2) is 0 Å². The van der Waals surface area contributed by atoms with Gasteiger partial charge in [-0.15, -0.1) is 0 Å². The molecule has 1 aromatic carbocycles. The number of amides is 1. The van der Waals surface area contributed by atoms with Crippen molar-refractivity contribution in [2.75, 3.05) is 13.1 Å². The van der Waals surface area contributed by atoms with Crippen LogP contribution < -0.4 is 15.4 Å². The molecule has 3 unspecified atom stereocenters. The molecule has 20 heavy (non-hydrogen) atoms. The Kier molecular flexibility index (Phi) is 5.23. The van der Waals surface area contributed by atoms with Gasteiger partial charge >= 0.3 is 0 Å². The zero-order chi connectivity index (χ0) is 14.5. The molecule has 3 N–H and O–H groups in total. The molecule has 0 radical (unpaired) electrons. The van der Waals surface area contributed by atoms with Crippen LogP contribution in [0.4, 0.5) is 0 Å². The topological polar surface area (TPSA) is 70.6 Å². The third-order valence-corrected chi connectivity index (χ3v) is 3.46. The van der Waals surface area contributed by atoms with E-state index in [2.05, 4.69) is 10.6 Å². The number of hydrogen-bond acceptors (Lipinski definition) is 4. The number of nitrogens with one attached hydrogen (secondary N) is 2. The highest BCUT2D eigenvalue weighted by atomic mass is 35.5. The molecule has 0 aliphatic carbocycles. The molecule has 1 fully saturated rings. The summed E-state index contributed by atoms with van der Waals surface area (Å²) in [5.41, 5.74) is 0. The summed E-state index contributed by atoms with van der Waals surface area (Å²) in [4.78, 5) is 11.8. The van der Waals surface area contributed by atoms with Crippen molar-refractivity contribution < 1.29 is 14.6 Å². The fourth-order valence-electron chi connectivity index (χ4n) is 2.08. The van der Waals surface area contributed by atoms with E-state index in [1.807, 2.05) is 19.1 Å². The number of para-hydroxylation sites is 1. The zero-order valence-corrected chi connectivity index (χ0v) is 12.1. The quantitative estimate of drug-likeness (QED) is 0.757. The molecule has 1 aliphatic rings. The molecule has 1 amide bonds. The molecule has 1 heterocycles. The van der Waals surface area contributed by atoms with Crippen LogP contribution in [0, 0.1) is 0 Å². The molecule has 3 atom stereocenters. The van der Waals surface area contributed by atoms with Gasteiger partial charge in [-0.05, 0) is 25.5 Å². The van der Waals surface area contributed by atoms with Crippen LogP contribution in [0.5, 0.6) is 5.75 Å². The summed E-state index contributed by atoms with van der Waals surface area (Å²) in [6.07, 6.45) is -0.182. The van der Waals surface area contributed by atoms with Crippen LogP contribution >= 0.6 is 11.6 Å². The van der Waals surface area contributed by atoms with Gasteiger partial charge in [0.05, 0.1) is 23.7 Å². The third-order valence-electron chi connectivity index (χ3n) is 3.15. The lowest BCUT2D eigenvalue weighted by Gasteiger charge is -2.17. The molecule has 0 saturated carbocycles. The van der Waals surface area contributed by atoms with Gasteiger partial charge in [0, 0.05) is 6.54 Å². The molecule has 110 valence electrons. The smallest absolute Gasteiger partial charge is 0.237 e. The van der Waals surface area contributed by atoms with E-state index in [-0.39, 0.29) is 18.1 Å². The third kappa shape index (κ3) is 4.10. The number of β-amino-alcohol motifs (C(OH)–C–C–N with tert-alkyl or cyclic N) is 1. The predicted molar refractivity (Wildman–Crippen MR) is 77.0 cm³/mol. The average molecular weight is 299 g/mol. The highest BCUT2D eigenvalue weighted by Crippen LogP contribution is 2.24. The predicted octanol–water partition coefficient (Wildman–Crippen LogP) is 0.946. The first-order valence-corrected chi connectivity index (χ1v) is 7.04. The fourth-order valence-corrected chi connectivity index (χ4v) is 2.26. The van der Waals surface area contributed by atoms with Crippen molar-refractivity contribution in [3.63, 3.8) is 0 Å². The van der Waals surface area contributed by atoms with E-state index in [0.29, 0.717) is 30.3 Å². The van der Waals surface area contributed by atoms with Crippen molar-refractivity contribution in [1.82, 2.24) is 10.6 Å². The highest BCUT2D eigenvalue weighted by Gasteiger charge is 2.27. The first-order valence-electron chi connectivity index (χ1n) is 6.66. The minimum Gasteiger partial charge on any atom is -0.487 e. The van der Waals surface area contributed by atoms with Gasteiger partial charge in [-0.3, -0.25) is 4.79 Å². The maximum Gasteiger partial charge on any atom is 0.237 e. The Labute approximate surface area is 123 Å². The van der Waals surface area contributed by atoms with E-state index >= 15 is 0 Å². The lowest BCUT2D eigenvalue weighted by atomic mass is 10.2. The second-order valence-electron chi connectivity index (χ2n) is 4.95. The second-order valence-corrected chi connectivity index (χ2v) is 5.36. The van der Waals surface area contributed by atoms with Gasteiger partial charge in [-0.25, -0.2) is 0 Å². The summed E-state index contributed by atoms with van der Waals surface area (Å²) in [5.74, 6) is 0.487. The zero-order valence-electron chi connectivity index (χ0n) is 11.3. The largest absolute Gasteiger partial charge is 0.487 e. The molecular formula is C14H19ClN2O3. The van der Waals surface area contributed by atoms with E-state index in [1.165, 1.54) is 0 Å². The standard InChI is InChI=1S/C14H19ClN2O3/c1-9(20-13-5-3-2-4-11(13)15)7-17-14(19)12-6-10(18)8-16-12/h2-5,9-10,12,16,18H,6-8H2,1H3,(H,17,19). The van der Waals surface area contributed by atoms with E-state index < -0.39 is 6.10 Å². The summed E-state index contributed by atoms with van der Waals surface area (Å²) in [6, 6.07) is 6.90. The maximum atomic E-state index is 11.8. The number of aliphatic hydroxyl groups is 1. The van der Waals surface area contributed by atoms with Gasteiger partial charge < -0.3 is 20.5 Å². The summed E-state index contributed by atoms with van der Waals surface area (Å²) < 4.78 is 5.66. The van der Waals surface area contributed by atoms with Gasteiger partial charge in [0.25, 0.3) is 0 Å². The SMILES string of the molecule is CC(CNC(=O)C1CC(O)CN1)Oc1ccccc1Cl. The molecule has 0 bridgehead atoms. The summed E-state index contributed by atoms with van der Waals surface area (Å²) in [6.45, 7) is 2.71. The lowest BCUT2D eigenvalue weighted by molar-refractivity contribution is -0.123. The fraction of sp³-hybridized carbons (Fsp3) is 0.500. The Morgan fingerprint density at radius 3 is 3.00 bits per heavy atom. The molecule has 0 spiro atoms. The van der Waals surface area contributed by atoms with Gasteiger partial charge in [-0.1, -0.05) is 23.7 Å². The first kappa shape index (κ1) is 15.1. The minimum atomic E-state index is -0.442. The van der Waals surface area contributed by atoms with Crippen LogP contribution in [0.1, 0.15) is 13.3 Å². The number of hydrogen-bond donors (Lipinski definition) is 3. The van der Waals surface area contributed by atoms with Crippen molar-refractivity contribution in [3.8, 4) is 5.75 Å². The Balaban J connectivity index is 1.76. The van der Waals surface area contributed by atoms with E-state index in [9.17, 15) is 9.90 Å². The Morgan fingerprint density at radius 2 is 2.35 bits per heavy atom. The molecule has 1 aromatic rings. The van der Waals surface area contributed by atoms with Crippen LogP contribution in [-0.4, -0.2) is 42.4 Å². The monoisotopic (exact) mass is 298 g/mol. The molecule has 6 heteroatoms. The Morgan fingerprint density at radius 1 is 1.60 bits per heavy atom. The number of rotatable bonds is 5. The number of ether oxygens (including phenoxy) is 1. The molecular weight excluding hydrogens is 280 g/mol. The maximum absolute atomic E-state index is 11.8. The van der Waals surface area contributed by atoms with Crippen molar-refractivity contribution in [2.45, 2.75) is 31.6 Å².